The fourth-order valence-corrected chi connectivity index (χ4v) is 3.50. The van der Waals surface area contributed by atoms with Crippen LogP contribution in [0.2, 0.25) is 0 Å². The molecule has 5 rings (SSSR count). The minimum atomic E-state index is -0.0637. The maximum Gasteiger partial charge on any atom is 0.262 e. The largest absolute Gasteiger partial charge is 0.355 e. The lowest BCUT2D eigenvalue weighted by Crippen LogP contribution is -2.50. The van der Waals surface area contributed by atoms with E-state index in [-0.39, 0.29) is 5.56 Å². The summed E-state index contributed by atoms with van der Waals surface area (Å²) in [6.07, 6.45) is 5.72. The van der Waals surface area contributed by atoms with Gasteiger partial charge in [0.1, 0.15) is 0 Å². The lowest BCUT2D eigenvalue weighted by molar-refractivity contribution is 0.424. The van der Waals surface area contributed by atoms with Crippen molar-refractivity contribution in [1.82, 2.24) is 24.7 Å². The fourth-order valence-electron chi connectivity index (χ4n) is 3.50. The number of pyridine rings is 1. The molecule has 0 amide bonds. The first-order chi connectivity index (χ1) is 13.2. The maximum absolute atomic E-state index is 12.4. The van der Waals surface area contributed by atoms with Crippen molar-refractivity contribution in [3.05, 3.63) is 46.6 Å². The van der Waals surface area contributed by atoms with Crippen LogP contribution in [0, 0.1) is 5.92 Å². The summed E-state index contributed by atoms with van der Waals surface area (Å²) in [6, 6.07) is 5.88. The number of hydrogen-bond donors (Lipinski definition) is 1. The molecule has 138 valence electrons. The van der Waals surface area contributed by atoms with Crippen LogP contribution in [0.25, 0.3) is 10.9 Å². The van der Waals surface area contributed by atoms with E-state index in [0.29, 0.717) is 28.7 Å². The number of hydrogen-bond acceptors (Lipinski definition) is 7. The van der Waals surface area contributed by atoms with Crippen LogP contribution in [0.1, 0.15) is 24.5 Å². The highest BCUT2D eigenvalue weighted by Crippen LogP contribution is 2.38. The molecule has 2 fully saturated rings. The van der Waals surface area contributed by atoms with E-state index in [0.717, 1.165) is 31.1 Å². The summed E-state index contributed by atoms with van der Waals surface area (Å²) in [7, 11) is 1.74. The molecule has 1 aliphatic heterocycles. The van der Waals surface area contributed by atoms with Crippen LogP contribution >= 0.6 is 0 Å². The third-order valence-corrected chi connectivity index (χ3v) is 5.38. The molecule has 0 bridgehead atoms. The Labute approximate surface area is 156 Å². The van der Waals surface area contributed by atoms with Crippen molar-refractivity contribution >= 4 is 22.7 Å². The summed E-state index contributed by atoms with van der Waals surface area (Å²) < 4.78 is 1.56. The topological polar surface area (TPSA) is 88.8 Å². The van der Waals surface area contributed by atoms with Crippen molar-refractivity contribution < 1.29 is 0 Å². The molecule has 1 aliphatic carbocycles. The van der Waals surface area contributed by atoms with E-state index in [9.17, 15) is 4.79 Å². The SMILES string of the molecule is Cn1c(NCC2CN(c3ccc(C4CC4)nn3)C2)nc2cnccc2c1=O. The molecule has 3 aromatic heterocycles. The van der Waals surface area contributed by atoms with E-state index < -0.39 is 0 Å². The molecule has 8 heteroatoms. The van der Waals surface area contributed by atoms with E-state index in [1.807, 2.05) is 0 Å². The molecule has 1 N–H and O–H groups in total. The van der Waals surface area contributed by atoms with Crippen LogP contribution < -0.4 is 15.8 Å². The molecule has 3 aromatic rings. The Hall–Kier alpha value is -3.03. The molecular weight excluding hydrogens is 342 g/mol. The fraction of sp³-hybridized carbons (Fsp3) is 0.421. The zero-order valence-corrected chi connectivity index (χ0v) is 15.2. The number of anilines is 2. The Balaban J connectivity index is 1.21. The second kappa shape index (κ2) is 6.29. The number of nitrogens with one attached hydrogen (secondary N) is 1. The smallest absolute Gasteiger partial charge is 0.262 e. The molecule has 27 heavy (non-hydrogen) atoms. The van der Waals surface area contributed by atoms with Gasteiger partial charge in [-0.05, 0) is 31.0 Å². The standard InChI is InChI=1S/C19H21N7O/c1-25-18(27)14-6-7-20-9-16(14)22-19(25)21-8-12-10-26(11-12)17-5-4-15(23-24-17)13-2-3-13/h4-7,9,12-13H,2-3,8,10-11H2,1H3,(H,21,22). The number of fused-ring (bicyclic) bond motifs is 1. The van der Waals surface area contributed by atoms with Crippen LogP contribution in [-0.4, -0.2) is 44.4 Å². The average Bonchev–Trinajstić information content (AvgIpc) is 3.50. The van der Waals surface area contributed by atoms with Gasteiger partial charge in [0.05, 0.1) is 22.8 Å². The van der Waals surface area contributed by atoms with E-state index >= 15 is 0 Å². The first-order valence-electron chi connectivity index (χ1n) is 9.32. The lowest BCUT2D eigenvalue weighted by Gasteiger charge is -2.40. The monoisotopic (exact) mass is 363 g/mol. The van der Waals surface area contributed by atoms with Crippen LogP contribution in [0.5, 0.6) is 0 Å². The predicted octanol–water partition coefficient (Wildman–Crippen LogP) is 1.54. The van der Waals surface area contributed by atoms with Crippen molar-refractivity contribution in [2.45, 2.75) is 18.8 Å². The van der Waals surface area contributed by atoms with Gasteiger partial charge < -0.3 is 10.2 Å². The Morgan fingerprint density at radius 1 is 1.19 bits per heavy atom. The van der Waals surface area contributed by atoms with Crippen LogP contribution in [0.4, 0.5) is 11.8 Å². The Bertz CT molecular complexity index is 1040. The van der Waals surface area contributed by atoms with Crippen molar-refractivity contribution in [2.24, 2.45) is 13.0 Å². The highest BCUT2D eigenvalue weighted by molar-refractivity contribution is 5.77. The highest BCUT2D eigenvalue weighted by Gasteiger charge is 2.29. The van der Waals surface area contributed by atoms with Gasteiger partial charge in [-0.15, -0.1) is 5.10 Å². The second-order valence-corrected chi connectivity index (χ2v) is 7.43. The van der Waals surface area contributed by atoms with Crippen LogP contribution in [0.15, 0.2) is 35.4 Å². The lowest BCUT2D eigenvalue weighted by atomic mass is 10.0. The van der Waals surface area contributed by atoms with Gasteiger partial charge in [-0.25, -0.2) is 4.98 Å². The molecule has 0 atom stereocenters. The highest BCUT2D eigenvalue weighted by atomic mass is 16.1. The first kappa shape index (κ1) is 16.2. The zero-order chi connectivity index (χ0) is 18.4. The summed E-state index contributed by atoms with van der Waals surface area (Å²) in [4.78, 5) is 23.2. The number of aromatic nitrogens is 5. The first-order valence-corrected chi connectivity index (χ1v) is 9.32. The van der Waals surface area contributed by atoms with Crippen LogP contribution in [0.3, 0.4) is 0 Å². The predicted molar refractivity (Wildman–Crippen MR) is 103 cm³/mol. The molecule has 8 nitrogen and oxygen atoms in total. The van der Waals surface area contributed by atoms with Crippen molar-refractivity contribution in [3.63, 3.8) is 0 Å². The average molecular weight is 363 g/mol. The third kappa shape index (κ3) is 3.01. The van der Waals surface area contributed by atoms with Gasteiger partial charge in [0.25, 0.3) is 5.56 Å². The van der Waals surface area contributed by atoms with E-state index in [1.165, 1.54) is 12.8 Å². The van der Waals surface area contributed by atoms with E-state index in [1.54, 1.807) is 30.1 Å². The van der Waals surface area contributed by atoms with Crippen molar-refractivity contribution in [1.29, 1.82) is 0 Å². The van der Waals surface area contributed by atoms with Gasteiger partial charge >= 0.3 is 0 Å². The zero-order valence-electron chi connectivity index (χ0n) is 15.2. The molecule has 0 spiro atoms. The molecule has 1 saturated carbocycles. The van der Waals surface area contributed by atoms with Gasteiger partial charge in [0.15, 0.2) is 5.82 Å². The van der Waals surface area contributed by atoms with Crippen molar-refractivity contribution in [3.8, 4) is 0 Å². The molecule has 0 radical (unpaired) electrons. The van der Waals surface area contributed by atoms with Gasteiger partial charge in [-0.1, -0.05) is 0 Å². The van der Waals surface area contributed by atoms with Gasteiger partial charge in [0.2, 0.25) is 5.95 Å². The second-order valence-electron chi connectivity index (χ2n) is 7.43. The Morgan fingerprint density at radius 3 is 2.78 bits per heavy atom. The molecule has 0 unspecified atom stereocenters. The molecule has 4 heterocycles. The molecule has 2 aliphatic rings. The van der Waals surface area contributed by atoms with Crippen molar-refractivity contribution in [2.75, 3.05) is 29.9 Å². The molecule has 1 saturated heterocycles. The summed E-state index contributed by atoms with van der Waals surface area (Å²) in [5.41, 5.74) is 1.67. The third-order valence-electron chi connectivity index (χ3n) is 5.38. The van der Waals surface area contributed by atoms with Gasteiger partial charge in [-0.2, -0.15) is 5.10 Å². The van der Waals surface area contributed by atoms with Gasteiger partial charge in [-0.3, -0.25) is 14.3 Å². The Kier molecular flexibility index (Phi) is 3.77. The Morgan fingerprint density at radius 2 is 2.04 bits per heavy atom. The summed E-state index contributed by atoms with van der Waals surface area (Å²) in [6.45, 7) is 2.61. The minimum absolute atomic E-state index is 0.0637. The number of nitrogens with zero attached hydrogens (tertiary/aromatic N) is 6. The molecule has 0 aromatic carbocycles. The summed E-state index contributed by atoms with van der Waals surface area (Å²) in [5.74, 6) is 2.64. The summed E-state index contributed by atoms with van der Waals surface area (Å²) in [5, 5.41) is 12.6. The van der Waals surface area contributed by atoms with Gasteiger partial charge in [0, 0.05) is 44.7 Å². The number of rotatable bonds is 5. The molecular formula is C19H21N7O. The maximum atomic E-state index is 12.4. The van der Waals surface area contributed by atoms with Crippen LogP contribution in [-0.2, 0) is 7.05 Å². The van der Waals surface area contributed by atoms with E-state index in [4.69, 9.17) is 0 Å². The quantitative estimate of drug-likeness (QED) is 0.735. The summed E-state index contributed by atoms with van der Waals surface area (Å²) >= 11 is 0. The van der Waals surface area contributed by atoms with E-state index in [2.05, 4.69) is 42.5 Å². The normalized spacial score (nSPS) is 17.1. The minimum Gasteiger partial charge on any atom is -0.355 e.